The van der Waals surface area contributed by atoms with Gasteiger partial charge in [-0.2, -0.15) is 13.2 Å². The predicted molar refractivity (Wildman–Crippen MR) is 342 cm³/mol. The van der Waals surface area contributed by atoms with E-state index in [0.29, 0.717) is 81.2 Å². The Balaban J connectivity index is 0.703. The number of anilines is 3. The lowest BCUT2D eigenvalue weighted by Crippen LogP contribution is -2.52. The molecule has 5 aromatic carbocycles. The molecule has 25 heteroatoms. The van der Waals surface area contributed by atoms with E-state index in [1.165, 1.54) is 40.6 Å². The average Bonchev–Trinajstić information content (AvgIpc) is 1.27. The number of nitrogens with one attached hydrogen (secondary N) is 3. The van der Waals surface area contributed by atoms with Crippen LogP contribution in [0.4, 0.5) is 30.2 Å². The fourth-order valence-corrected chi connectivity index (χ4v) is 16.3. The fraction of sp³-hybridized carbons (Fsp3) is 0.446. The first-order chi connectivity index (χ1) is 43.1. The van der Waals surface area contributed by atoms with E-state index in [-0.39, 0.29) is 29.2 Å². The number of alkyl halides is 3. The summed E-state index contributed by atoms with van der Waals surface area (Å²) in [6, 6.07) is 31.1. The Morgan fingerprint density at radius 1 is 0.789 bits per heavy atom. The Labute approximate surface area is 533 Å². The number of hydrogen-bond acceptors (Lipinski definition) is 16. The normalized spacial score (nSPS) is 21.5. The largest absolute Gasteiger partial charge is 0.501 e. The molecule has 3 atom stereocenters. The molecule has 0 spiro atoms. The van der Waals surface area contributed by atoms with Crippen LogP contribution in [0, 0.1) is 5.41 Å². The van der Waals surface area contributed by atoms with Crippen LogP contribution < -0.4 is 25.2 Å². The summed E-state index contributed by atoms with van der Waals surface area (Å²) in [5.41, 5.74) is 0.998. The first-order valence-corrected chi connectivity index (χ1v) is 35.0. The minimum atomic E-state index is -6.10. The van der Waals surface area contributed by atoms with Gasteiger partial charge in [0.2, 0.25) is 11.8 Å². The van der Waals surface area contributed by atoms with Gasteiger partial charge in [-0.05, 0) is 140 Å². The number of ether oxygens (including phenoxy) is 1. The maximum Gasteiger partial charge on any atom is 0.501 e. The Kier molecular flexibility index (Phi) is 20.0. The molecular formula is C65H75ClF3N9O9S3. The molecule has 0 bridgehead atoms. The van der Waals surface area contributed by atoms with Crippen molar-refractivity contribution in [2.45, 2.75) is 90.7 Å². The number of fused-ring (bicyclic) bond motifs is 1. The number of piperidine rings is 1. The number of allylic oxidation sites excluding steroid dienone is 1. The van der Waals surface area contributed by atoms with Crippen molar-refractivity contribution in [1.29, 1.82) is 0 Å². The van der Waals surface area contributed by atoms with Crippen molar-refractivity contribution >= 4 is 89.5 Å². The number of amides is 4. The summed E-state index contributed by atoms with van der Waals surface area (Å²) in [4.78, 5) is 63.7. The number of carbonyl (C=O) groups excluding carboxylic acids is 4. The first kappa shape index (κ1) is 65.0. The van der Waals surface area contributed by atoms with Crippen LogP contribution in [0.1, 0.15) is 83.7 Å². The first-order valence-electron chi connectivity index (χ1n) is 30.6. The topological polar surface area (TPSA) is 201 Å². The minimum absolute atomic E-state index is 0.0100. The van der Waals surface area contributed by atoms with E-state index >= 15 is 0 Å². The number of benzene rings is 5. The Morgan fingerprint density at radius 3 is 2.20 bits per heavy atom. The van der Waals surface area contributed by atoms with Gasteiger partial charge in [0.1, 0.15) is 10.9 Å². The van der Waals surface area contributed by atoms with Crippen LogP contribution >= 0.6 is 23.4 Å². The van der Waals surface area contributed by atoms with Gasteiger partial charge in [-0.1, -0.05) is 60.5 Å². The summed E-state index contributed by atoms with van der Waals surface area (Å²) in [5.74, 6) is -1.61. The fourth-order valence-electron chi connectivity index (χ4n) is 13.2. The summed E-state index contributed by atoms with van der Waals surface area (Å²) in [6.07, 6.45) is 4.63. The van der Waals surface area contributed by atoms with Gasteiger partial charge in [0, 0.05) is 149 Å². The number of thioether (sulfide) groups is 1. The van der Waals surface area contributed by atoms with Crippen LogP contribution in [0.25, 0.3) is 5.57 Å². The zero-order valence-corrected chi connectivity index (χ0v) is 53.4. The minimum Gasteiger partial charge on any atom is -0.380 e. The molecule has 1 unspecified atom stereocenters. The van der Waals surface area contributed by atoms with E-state index in [1.54, 1.807) is 17.0 Å². The number of nitrogens with zero attached hydrogens (tertiary/aromatic N) is 6. The summed E-state index contributed by atoms with van der Waals surface area (Å²) in [6.45, 7) is 13.8. The van der Waals surface area contributed by atoms with Gasteiger partial charge >= 0.3 is 5.51 Å². The Bertz CT molecular complexity index is 3710. The molecule has 11 rings (SSSR count). The highest BCUT2D eigenvalue weighted by Gasteiger charge is 2.49. The van der Waals surface area contributed by atoms with Crippen LogP contribution in [0.3, 0.4) is 0 Å². The van der Waals surface area contributed by atoms with E-state index in [2.05, 4.69) is 60.3 Å². The molecule has 4 saturated heterocycles. The van der Waals surface area contributed by atoms with Gasteiger partial charge in [-0.15, -0.1) is 11.8 Å². The van der Waals surface area contributed by atoms with Crippen molar-refractivity contribution in [1.82, 2.24) is 29.6 Å². The molecule has 1 aliphatic carbocycles. The number of rotatable bonds is 20. The van der Waals surface area contributed by atoms with Crippen LogP contribution in [0.2, 0.25) is 5.02 Å². The molecule has 0 radical (unpaired) electrons. The van der Waals surface area contributed by atoms with Gasteiger partial charge in [0.05, 0.1) is 17.2 Å². The highest BCUT2D eigenvalue weighted by Crippen LogP contribution is 2.45. The van der Waals surface area contributed by atoms with Crippen molar-refractivity contribution in [3.63, 3.8) is 0 Å². The van der Waals surface area contributed by atoms with Gasteiger partial charge in [0.15, 0.2) is 0 Å². The Morgan fingerprint density at radius 2 is 1.49 bits per heavy atom. The molecule has 3 N–H and O–H groups in total. The van der Waals surface area contributed by atoms with Gasteiger partial charge in [-0.25, -0.2) is 21.6 Å². The van der Waals surface area contributed by atoms with Crippen molar-refractivity contribution in [2.75, 3.05) is 119 Å². The van der Waals surface area contributed by atoms with Crippen LogP contribution in [-0.4, -0.2) is 182 Å². The molecule has 5 heterocycles. The maximum atomic E-state index is 14.4. The second-order valence-corrected chi connectivity index (χ2v) is 29.6. The zero-order valence-electron chi connectivity index (χ0n) is 50.2. The van der Waals surface area contributed by atoms with E-state index in [0.717, 1.165) is 119 Å². The maximum absolute atomic E-state index is 14.4. The van der Waals surface area contributed by atoms with Crippen molar-refractivity contribution in [3.05, 3.63) is 148 Å². The third-order valence-electron chi connectivity index (χ3n) is 18.1. The summed E-state index contributed by atoms with van der Waals surface area (Å²) in [7, 11) is -11.0. The van der Waals surface area contributed by atoms with Crippen molar-refractivity contribution in [3.8, 4) is 0 Å². The molecule has 5 aromatic rings. The van der Waals surface area contributed by atoms with Crippen LogP contribution in [-0.2, 0) is 40.7 Å². The lowest BCUT2D eigenvalue weighted by molar-refractivity contribution is -0.136. The average molecular weight is 1320 g/mol. The molecule has 4 fully saturated rings. The van der Waals surface area contributed by atoms with Gasteiger partial charge < -0.3 is 29.7 Å². The second-order valence-electron chi connectivity index (χ2n) is 24.5. The molecule has 4 amide bonds. The lowest BCUT2D eigenvalue weighted by Gasteiger charge is -2.44. The molecular weight excluding hydrogens is 1240 g/mol. The number of sulfone groups is 1. The van der Waals surface area contributed by atoms with Gasteiger partial charge in [0.25, 0.3) is 31.7 Å². The SMILES string of the molecule is C[C@@]1(CN2CCN(c3ccc4c(c3)C(=O)N(C3CCC(=O)NC3=O)C4)CC2)CCC(c2ccc(Cl)cc2)=C(CN2CCN(c3ccc(C(=O)NS(=O)(=O)c4ccc(N[C@H](CCN5CCCOCC5)CSc5ccccc5)c(S(=O)(=O)C(F)(F)F)c4)cc3)CC2)C1. The summed E-state index contributed by atoms with van der Waals surface area (Å²) >= 11 is 7.82. The third-order valence-corrected chi connectivity index (χ3v) is 22.4. The van der Waals surface area contributed by atoms with E-state index in [1.807, 2.05) is 59.3 Å². The Hall–Kier alpha value is -6.51. The summed E-state index contributed by atoms with van der Waals surface area (Å²) in [5, 5.41) is 6.07. The number of halogens is 4. The van der Waals surface area contributed by atoms with E-state index in [4.69, 9.17) is 16.3 Å². The molecule has 6 aliphatic rings. The molecule has 480 valence electrons. The summed E-state index contributed by atoms with van der Waals surface area (Å²) < 4.78 is 105. The monoisotopic (exact) mass is 1310 g/mol. The third kappa shape index (κ3) is 15.3. The lowest BCUT2D eigenvalue weighted by atomic mass is 9.71. The number of hydrogen-bond donors (Lipinski definition) is 3. The van der Waals surface area contributed by atoms with E-state index < -0.39 is 64.7 Å². The van der Waals surface area contributed by atoms with Crippen molar-refractivity contribution < 1.29 is 53.9 Å². The second kappa shape index (κ2) is 27.8. The zero-order chi connectivity index (χ0) is 63.4. The van der Waals surface area contributed by atoms with Crippen molar-refractivity contribution in [2.24, 2.45) is 5.41 Å². The molecule has 0 aromatic heterocycles. The highest BCUT2D eigenvalue weighted by atomic mass is 35.5. The molecule has 18 nitrogen and oxygen atoms in total. The number of carbonyl (C=O) groups is 4. The van der Waals surface area contributed by atoms with Gasteiger partial charge in [-0.3, -0.25) is 34.3 Å². The van der Waals surface area contributed by atoms with Crippen LogP contribution in [0.15, 0.2) is 136 Å². The number of imide groups is 1. The molecule has 5 aliphatic heterocycles. The quantitative estimate of drug-likeness (QED) is 0.0493. The number of sulfonamides is 1. The predicted octanol–water partition coefficient (Wildman–Crippen LogP) is 8.79. The standard InChI is InChI=1S/C65H75ClF3N9O9S3/c1-64(44-75-29-33-77(34-30-75)52-17-12-47-42-78(63(82)56(47)38-52)58-20-21-60(79)71-62(58)81)24-22-55(45-8-13-49(66)14-9-45)48(40-64)41-74-27-31-76(32-28-74)51-15-10-46(11-16-51)61(80)72-90(85,86)54-18-19-57(59(39-54)89(83,84)65(67,68)69)70-50(43-88-53-6-3-2-4-7-53)23-26-73-25-5-36-87-37-35-73/h2-4,6-19,38-39,50,58,70H,5,20-37,40-44H2,1H3,(H,72,80)(H,71,79,81)/t50-,58?,64-/m1/s1. The van der Waals surface area contributed by atoms with E-state index in [9.17, 15) is 49.2 Å². The molecule has 90 heavy (non-hydrogen) atoms. The number of piperazine rings is 2. The molecule has 0 saturated carbocycles. The smallest absolute Gasteiger partial charge is 0.380 e. The highest BCUT2D eigenvalue weighted by molar-refractivity contribution is 7.99. The van der Waals surface area contributed by atoms with Crippen LogP contribution in [0.5, 0.6) is 0 Å².